The van der Waals surface area contributed by atoms with E-state index >= 15 is 0 Å². The van der Waals surface area contributed by atoms with Crippen LogP contribution in [0.1, 0.15) is 19.4 Å². The predicted molar refractivity (Wildman–Crippen MR) is 124 cm³/mol. The number of ether oxygens (including phenoxy) is 2. The molecule has 2 aliphatic rings. The molecule has 34 heavy (non-hydrogen) atoms. The summed E-state index contributed by atoms with van der Waals surface area (Å²) in [6.45, 7) is 5.23. The molecule has 0 saturated carbocycles. The van der Waals surface area contributed by atoms with E-state index in [4.69, 9.17) is 9.47 Å². The lowest BCUT2D eigenvalue weighted by Crippen LogP contribution is -2.49. The van der Waals surface area contributed by atoms with Crippen LogP contribution in [0.5, 0.6) is 5.75 Å². The SMILES string of the molecule is COc1ccc(C[C@H]2NC[C@H](O)[C@H]2OC(=O)NCCN2C[C@@H](NC(C)=O)[C@H](NC(C)=O)C2)cc1. The highest BCUT2D eigenvalue weighted by Crippen LogP contribution is 2.19. The third-order valence-corrected chi connectivity index (χ3v) is 6.09. The minimum atomic E-state index is -0.788. The van der Waals surface area contributed by atoms with Crippen molar-refractivity contribution >= 4 is 17.9 Å². The summed E-state index contributed by atoms with van der Waals surface area (Å²) < 4.78 is 10.7. The van der Waals surface area contributed by atoms with Gasteiger partial charge < -0.3 is 35.8 Å². The molecule has 0 aliphatic carbocycles. The Morgan fingerprint density at radius 3 is 2.26 bits per heavy atom. The summed E-state index contributed by atoms with van der Waals surface area (Å²) in [6, 6.07) is 7.05. The number of amides is 3. The standard InChI is InChI=1S/C23H35N5O6/c1-14(29)26-19-12-28(13-20(19)27-15(2)30)9-8-24-23(32)34-22-18(25-11-21(22)31)10-16-4-6-17(33-3)7-5-16/h4-7,18-22,25,31H,8-13H2,1-3H3,(H,24,32)(H,26,29)(H,27,30)/t18-,19-,20-,21+,22+/m1/s1. The molecule has 0 spiro atoms. The van der Waals surface area contributed by atoms with Crippen molar-refractivity contribution in [2.24, 2.45) is 0 Å². The molecular formula is C23H35N5O6. The quantitative estimate of drug-likeness (QED) is 0.305. The van der Waals surface area contributed by atoms with Crippen molar-refractivity contribution in [1.29, 1.82) is 0 Å². The van der Waals surface area contributed by atoms with Crippen molar-refractivity contribution in [3.8, 4) is 5.75 Å². The molecule has 3 amide bonds. The van der Waals surface area contributed by atoms with E-state index in [9.17, 15) is 19.5 Å². The van der Waals surface area contributed by atoms with Gasteiger partial charge in [0, 0.05) is 46.6 Å². The molecule has 5 atom stereocenters. The van der Waals surface area contributed by atoms with Gasteiger partial charge >= 0.3 is 6.09 Å². The molecule has 0 radical (unpaired) electrons. The van der Waals surface area contributed by atoms with Crippen LogP contribution in [-0.2, 0) is 20.7 Å². The molecule has 2 aliphatic heterocycles. The van der Waals surface area contributed by atoms with E-state index in [1.807, 2.05) is 24.3 Å². The molecule has 0 bridgehead atoms. The van der Waals surface area contributed by atoms with Gasteiger partial charge in [0.1, 0.15) is 18.0 Å². The lowest BCUT2D eigenvalue weighted by atomic mass is 10.0. The molecule has 2 heterocycles. The highest BCUT2D eigenvalue weighted by molar-refractivity contribution is 5.75. The number of benzene rings is 1. The maximum absolute atomic E-state index is 12.4. The van der Waals surface area contributed by atoms with E-state index < -0.39 is 18.3 Å². The first-order chi connectivity index (χ1) is 16.2. The maximum atomic E-state index is 12.4. The second-order valence-corrected chi connectivity index (χ2v) is 8.80. The minimum Gasteiger partial charge on any atom is -0.497 e. The zero-order chi connectivity index (χ0) is 24.7. The van der Waals surface area contributed by atoms with Crippen LogP contribution in [0.15, 0.2) is 24.3 Å². The predicted octanol–water partition coefficient (Wildman–Crippen LogP) is -1.01. The van der Waals surface area contributed by atoms with Crippen molar-refractivity contribution in [1.82, 2.24) is 26.2 Å². The molecule has 3 rings (SSSR count). The average molecular weight is 478 g/mol. The first-order valence-corrected chi connectivity index (χ1v) is 11.5. The van der Waals surface area contributed by atoms with Gasteiger partial charge in [-0.25, -0.2) is 4.79 Å². The number of nitrogens with one attached hydrogen (secondary N) is 4. The van der Waals surface area contributed by atoms with Crippen LogP contribution in [0.3, 0.4) is 0 Å². The van der Waals surface area contributed by atoms with Crippen molar-refractivity contribution in [3.63, 3.8) is 0 Å². The van der Waals surface area contributed by atoms with Crippen LogP contribution in [0.2, 0.25) is 0 Å². The fraction of sp³-hybridized carbons (Fsp3) is 0.609. The molecule has 188 valence electrons. The molecule has 0 aromatic heterocycles. The van der Waals surface area contributed by atoms with E-state index in [1.165, 1.54) is 13.8 Å². The van der Waals surface area contributed by atoms with Crippen LogP contribution < -0.4 is 26.0 Å². The van der Waals surface area contributed by atoms with Crippen molar-refractivity contribution in [2.45, 2.75) is 50.6 Å². The summed E-state index contributed by atoms with van der Waals surface area (Å²) in [4.78, 5) is 37.4. The fourth-order valence-electron chi connectivity index (χ4n) is 4.50. The number of nitrogens with zero attached hydrogens (tertiary/aromatic N) is 1. The van der Waals surface area contributed by atoms with Crippen LogP contribution in [-0.4, -0.2) is 98.1 Å². The van der Waals surface area contributed by atoms with Gasteiger partial charge in [0.2, 0.25) is 11.8 Å². The summed E-state index contributed by atoms with van der Waals surface area (Å²) in [7, 11) is 1.61. The number of carbonyl (C=O) groups excluding carboxylic acids is 3. The number of β-amino-alcohol motifs (C(OH)–C–C–N with tert-alkyl or cyclic N) is 1. The van der Waals surface area contributed by atoms with Gasteiger partial charge in [-0.3, -0.25) is 14.5 Å². The van der Waals surface area contributed by atoms with Crippen molar-refractivity contribution in [2.75, 3.05) is 39.8 Å². The van der Waals surface area contributed by atoms with Crippen LogP contribution in [0.4, 0.5) is 4.79 Å². The lowest BCUT2D eigenvalue weighted by molar-refractivity contribution is -0.122. The third kappa shape index (κ3) is 7.31. The summed E-state index contributed by atoms with van der Waals surface area (Å²) in [5.41, 5.74) is 1.04. The van der Waals surface area contributed by atoms with E-state index in [0.717, 1.165) is 11.3 Å². The first-order valence-electron chi connectivity index (χ1n) is 11.5. The Hall–Kier alpha value is -2.89. The minimum absolute atomic E-state index is 0.156. The number of alkyl carbamates (subject to hydrolysis) is 1. The van der Waals surface area contributed by atoms with Gasteiger partial charge in [-0.15, -0.1) is 0 Å². The monoisotopic (exact) mass is 477 g/mol. The van der Waals surface area contributed by atoms with Crippen LogP contribution in [0.25, 0.3) is 0 Å². The molecule has 2 saturated heterocycles. The summed E-state index contributed by atoms with van der Waals surface area (Å²) >= 11 is 0. The van der Waals surface area contributed by atoms with E-state index in [0.29, 0.717) is 39.1 Å². The third-order valence-electron chi connectivity index (χ3n) is 6.09. The topological polar surface area (TPSA) is 141 Å². The van der Waals surface area contributed by atoms with Gasteiger partial charge in [-0.05, 0) is 24.1 Å². The normalized spacial score (nSPS) is 26.6. The van der Waals surface area contributed by atoms with Crippen LogP contribution >= 0.6 is 0 Å². The molecule has 11 heteroatoms. The van der Waals surface area contributed by atoms with Gasteiger partial charge in [0.05, 0.1) is 25.2 Å². The molecule has 2 fully saturated rings. The number of aliphatic hydroxyl groups excluding tert-OH is 1. The number of likely N-dealkylation sites (tertiary alicyclic amines) is 1. The second kappa shape index (κ2) is 12.0. The van der Waals surface area contributed by atoms with E-state index in [2.05, 4.69) is 26.2 Å². The zero-order valence-electron chi connectivity index (χ0n) is 19.9. The number of carbonyl (C=O) groups is 3. The molecule has 11 nitrogen and oxygen atoms in total. The van der Waals surface area contributed by atoms with Gasteiger partial charge in [-0.2, -0.15) is 0 Å². The Labute approximate surface area is 199 Å². The molecular weight excluding hydrogens is 442 g/mol. The second-order valence-electron chi connectivity index (χ2n) is 8.80. The molecule has 1 aromatic carbocycles. The lowest BCUT2D eigenvalue weighted by Gasteiger charge is -2.23. The van der Waals surface area contributed by atoms with Gasteiger partial charge in [0.15, 0.2) is 0 Å². The molecule has 1 aromatic rings. The molecule has 0 unspecified atom stereocenters. The average Bonchev–Trinajstić information content (AvgIpc) is 3.30. The van der Waals surface area contributed by atoms with Gasteiger partial charge in [0.25, 0.3) is 0 Å². The maximum Gasteiger partial charge on any atom is 0.407 e. The van der Waals surface area contributed by atoms with E-state index in [1.54, 1.807) is 7.11 Å². The number of rotatable bonds is 9. The van der Waals surface area contributed by atoms with Crippen molar-refractivity contribution < 1.29 is 29.0 Å². The number of aliphatic hydroxyl groups is 1. The Morgan fingerprint density at radius 1 is 1.09 bits per heavy atom. The smallest absolute Gasteiger partial charge is 0.407 e. The Bertz CT molecular complexity index is 827. The molecule has 5 N–H and O–H groups in total. The van der Waals surface area contributed by atoms with Crippen LogP contribution in [0, 0.1) is 0 Å². The number of hydrogen-bond donors (Lipinski definition) is 5. The fourth-order valence-corrected chi connectivity index (χ4v) is 4.50. The summed E-state index contributed by atoms with van der Waals surface area (Å²) in [6.07, 6.45) is -1.45. The first kappa shape index (κ1) is 25.7. The Morgan fingerprint density at radius 2 is 1.71 bits per heavy atom. The highest BCUT2D eigenvalue weighted by Gasteiger charge is 2.38. The van der Waals surface area contributed by atoms with Gasteiger partial charge in [-0.1, -0.05) is 12.1 Å². The summed E-state index contributed by atoms with van der Waals surface area (Å²) in [5, 5.41) is 22.0. The van der Waals surface area contributed by atoms with E-state index in [-0.39, 0.29) is 29.9 Å². The number of methoxy groups -OCH3 is 1. The largest absolute Gasteiger partial charge is 0.497 e. The zero-order valence-corrected chi connectivity index (χ0v) is 19.9. The Balaban J connectivity index is 1.45. The Kier molecular flexibility index (Phi) is 9.08. The highest BCUT2D eigenvalue weighted by atomic mass is 16.6. The van der Waals surface area contributed by atoms with Crippen molar-refractivity contribution in [3.05, 3.63) is 29.8 Å². The summed E-state index contributed by atoms with van der Waals surface area (Å²) in [5.74, 6) is 0.453. The number of hydrogen-bond acceptors (Lipinski definition) is 8.